The first-order valence-electron chi connectivity index (χ1n) is 11.7. The van der Waals surface area contributed by atoms with Gasteiger partial charge in [0, 0.05) is 22.6 Å². The fourth-order valence-electron chi connectivity index (χ4n) is 4.32. The van der Waals surface area contributed by atoms with Gasteiger partial charge in [0.25, 0.3) is 5.56 Å². The van der Waals surface area contributed by atoms with Gasteiger partial charge in [-0.25, -0.2) is 9.78 Å². The highest BCUT2D eigenvalue weighted by molar-refractivity contribution is 6.31. The Balaban J connectivity index is 1.79. The van der Waals surface area contributed by atoms with Crippen molar-refractivity contribution in [2.45, 2.75) is 44.9 Å². The van der Waals surface area contributed by atoms with E-state index in [9.17, 15) is 9.59 Å². The molecule has 8 nitrogen and oxygen atoms in total. The number of para-hydroxylation sites is 1. The Bertz CT molecular complexity index is 1300. The van der Waals surface area contributed by atoms with Gasteiger partial charge in [-0.15, -0.1) is 0 Å². The molecule has 0 N–H and O–H groups in total. The summed E-state index contributed by atoms with van der Waals surface area (Å²) in [5, 5.41) is 5.43. The SMILES string of the molecule is CCOC(=O)COc1c(C=Nn2c(C3CCCCC3)nc3ccccc3c2=O)cc(Cl)cc1OC. The lowest BCUT2D eigenvalue weighted by Gasteiger charge is -2.22. The summed E-state index contributed by atoms with van der Waals surface area (Å²) in [5.41, 5.74) is 0.871. The Morgan fingerprint density at radius 3 is 2.74 bits per heavy atom. The molecule has 9 heteroatoms. The van der Waals surface area contributed by atoms with E-state index in [1.54, 1.807) is 25.1 Å². The second-order valence-electron chi connectivity index (χ2n) is 8.30. The number of hydrogen-bond donors (Lipinski definition) is 0. The highest BCUT2D eigenvalue weighted by Gasteiger charge is 2.22. The van der Waals surface area contributed by atoms with Crippen LogP contribution in [0.3, 0.4) is 0 Å². The van der Waals surface area contributed by atoms with Crippen LogP contribution in [0.4, 0.5) is 0 Å². The van der Waals surface area contributed by atoms with Crippen molar-refractivity contribution in [2.24, 2.45) is 5.10 Å². The minimum absolute atomic E-state index is 0.145. The first kappa shape index (κ1) is 24.7. The van der Waals surface area contributed by atoms with Crippen LogP contribution in [0.1, 0.15) is 56.3 Å². The Hall–Kier alpha value is -3.39. The van der Waals surface area contributed by atoms with E-state index < -0.39 is 5.97 Å². The van der Waals surface area contributed by atoms with Gasteiger partial charge in [-0.1, -0.05) is 43.0 Å². The van der Waals surface area contributed by atoms with Crippen molar-refractivity contribution < 1.29 is 19.0 Å². The molecule has 1 heterocycles. The zero-order valence-corrected chi connectivity index (χ0v) is 20.6. The topological polar surface area (TPSA) is 92.0 Å². The van der Waals surface area contributed by atoms with Crippen molar-refractivity contribution in [1.82, 2.24) is 9.66 Å². The summed E-state index contributed by atoms with van der Waals surface area (Å²) in [4.78, 5) is 30.1. The molecule has 1 aromatic heterocycles. The van der Waals surface area contributed by atoms with Crippen molar-refractivity contribution in [3.8, 4) is 11.5 Å². The summed E-state index contributed by atoms with van der Waals surface area (Å²) in [7, 11) is 1.47. The van der Waals surface area contributed by atoms with Gasteiger partial charge in [-0.2, -0.15) is 9.78 Å². The van der Waals surface area contributed by atoms with E-state index in [2.05, 4.69) is 5.10 Å². The number of nitrogens with zero attached hydrogens (tertiary/aromatic N) is 3. The van der Waals surface area contributed by atoms with Crippen LogP contribution in [0, 0.1) is 0 Å². The van der Waals surface area contributed by atoms with Crippen molar-refractivity contribution in [3.05, 3.63) is 63.2 Å². The molecule has 0 unspecified atom stereocenters. The smallest absolute Gasteiger partial charge is 0.344 e. The maximum atomic E-state index is 13.4. The third kappa shape index (κ3) is 5.65. The molecule has 1 aliphatic carbocycles. The van der Waals surface area contributed by atoms with Gasteiger partial charge < -0.3 is 14.2 Å². The van der Waals surface area contributed by atoms with E-state index in [0.717, 1.165) is 25.7 Å². The molecule has 184 valence electrons. The number of esters is 1. The van der Waals surface area contributed by atoms with Crippen LogP contribution in [-0.4, -0.2) is 42.2 Å². The summed E-state index contributed by atoms with van der Waals surface area (Å²) < 4.78 is 17.4. The van der Waals surface area contributed by atoms with Crippen LogP contribution in [0.5, 0.6) is 11.5 Å². The van der Waals surface area contributed by atoms with E-state index >= 15 is 0 Å². The van der Waals surface area contributed by atoms with E-state index in [1.165, 1.54) is 24.4 Å². The van der Waals surface area contributed by atoms with Gasteiger partial charge >= 0.3 is 5.97 Å². The lowest BCUT2D eigenvalue weighted by Crippen LogP contribution is -2.25. The lowest BCUT2D eigenvalue weighted by molar-refractivity contribution is -0.145. The molecule has 0 atom stereocenters. The molecule has 35 heavy (non-hydrogen) atoms. The number of aromatic nitrogens is 2. The van der Waals surface area contributed by atoms with Gasteiger partial charge in [0.1, 0.15) is 5.82 Å². The summed E-state index contributed by atoms with van der Waals surface area (Å²) >= 11 is 6.29. The number of carbonyl (C=O) groups excluding carboxylic acids is 1. The lowest BCUT2D eigenvalue weighted by atomic mass is 9.88. The summed E-state index contributed by atoms with van der Waals surface area (Å²) in [6.45, 7) is 1.66. The highest BCUT2D eigenvalue weighted by Crippen LogP contribution is 2.35. The van der Waals surface area contributed by atoms with Crippen molar-refractivity contribution >= 4 is 34.7 Å². The molecule has 1 fully saturated rings. The average Bonchev–Trinajstić information content (AvgIpc) is 2.87. The number of fused-ring (bicyclic) bond motifs is 1. The minimum Gasteiger partial charge on any atom is -0.493 e. The second-order valence-corrected chi connectivity index (χ2v) is 8.74. The first-order valence-corrected chi connectivity index (χ1v) is 12.1. The van der Waals surface area contributed by atoms with Crippen LogP contribution < -0.4 is 15.0 Å². The number of benzene rings is 2. The van der Waals surface area contributed by atoms with Crippen LogP contribution in [0.25, 0.3) is 10.9 Å². The molecule has 0 amide bonds. The fourth-order valence-corrected chi connectivity index (χ4v) is 4.54. The van der Waals surface area contributed by atoms with E-state index in [-0.39, 0.29) is 30.4 Å². The molecular formula is C26H28ClN3O5. The normalized spacial score (nSPS) is 14.4. The van der Waals surface area contributed by atoms with Crippen LogP contribution in [0.2, 0.25) is 5.02 Å². The Morgan fingerprint density at radius 1 is 1.23 bits per heavy atom. The van der Waals surface area contributed by atoms with Crippen LogP contribution in [0.15, 0.2) is 46.3 Å². The van der Waals surface area contributed by atoms with E-state index in [0.29, 0.717) is 33.1 Å². The minimum atomic E-state index is -0.512. The molecule has 1 saturated carbocycles. The average molecular weight is 498 g/mol. The van der Waals surface area contributed by atoms with Gasteiger partial charge in [0.15, 0.2) is 18.1 Å². The van der Waals surface area contributed by atoms with Crippen molar-refractivity contribution in [3.63, 3.8) is 0 Å². The molecule has 0 aliphatic heterocycles. The second kappa shape index (κ2) is 11.4. The maximum absolute atomic E-state index is 13.4. The quantitative estimate of drug-likeness (QED) is 0.323. The maximum Gasteiger partial charge on any atom is 0.344 e. The monoisotopic (exact) mass is 497 g/mol. The third-order valence-corrected chi connectivity index (χ3v) is 6.19. The number of methoxy groups -OCH3 is 1. The summed E-state index contributed by atoms with van der Waals surface area (Å²) in [6, 6.07) is 10.5. The standard InChI is InChI=1S/C26H28ClN3O5/c1-3-34-23(31)16-35-24-18(13-19(27)14-22(24)33-2)15-28-30-25(17-9-5-4-6-10-17)29-21-12-8-7-11-20(21)26(30)32/h7-8,11-15,17H,3-6,9-10,16H2,1-2H3. The molecule has 4 rings (SSSR count). The van der Waals surface area contributed by atoms with Crippen LogP contribution in [-0.2, 0) is 9.53 Å². The van der Waals surface area contributed by atoms with Gasteiger partial charge in [0.05, 0.1) is 30.8 Å². The van der Waals surface area contributed by atoms with Crippen LogP contribution >= 0.6 is 11.6 Å². The first-order chi connectivity index (χ1) is 17.0. The zero-order valence-electron chi connectivity index (χ0n) is 19.8. The number of carbonyl (C=O) groups is 1. The third-order valence-electron chi connectivity index (χ3n) is 5.97. The van der Waals surface area contributed by atoms with Crippen molar-refractivity contribution in [2.75, 3.05) is 20.3 Å². The molecule has 1 aliphatic rings. The molecule has 0 radical (unpaired) electrons. The number of hydrogen-bond acceptors (Lipinski definition) is 7. The van der Waals surface area contributed by atoms with Gasteiger partial charge in [0.2, 0.25) is 0 Å². The van der Waals surface area contributed by atoms with Gasteiger partial charge in [-0.05, 0) is 38.0 Å². The molecule has 0 spiro atoms. The van der Waals surface area contributed by atoms with Gasteiger partial charge in [-0.3, -0.25) is 4.79 Å². The Labute approximate surface area is 208 Å². The predicted octanol–water partition coefficient (Wildman–Crippen LogP) is 4.93. The summed E-state index contributed by atoms with van der Waals surface area (Å²) in [5.74, 6) is 0.885. The number of rotatable bonds is 8. The van der Waals surface area contributed by atoms with E-state index in [4.69, 9.17) is 30.8 Å². The molecule has 0 saturated heterocycles. The summed E-state index contributed by atoms with van der Waals surface area (Å²) in [6.07, 6.45) is 6.77. The largest absolute Gasteiger partial charge is 0.493 e. The van der Waals surface area contributed by atoms with E-state index in [1.807, 2.05) is 18.2 Å². The Kier molecular flexibility index (Phi) is 8.02. The highest BCUT2D eigenvalue weighted by atomic mass is 35.5. The predicted molar refractivity (Wildman–Crippen MR) is 135 cm³/mol. The molecule has 2 aromatic carbocycles. The zero-order chi connectivity index (χ0) is 24.8. The fraction of sp³-hybridized carbons (Fsp3) is 0.385. The number of halogens is 1. The molecular weight excluding hydrogens is 470 g/mol. The molecule has 3 aromatic rings. The number of ether oxygens (including phenoxy) is 3. The molecule has 0 bridgehead atoms. The van der Waals surface area contributed by atoms with Crippen molar-refractivity contribution in [1.29, 1.82) is 0 Å². The Morgan fingerprint density at radius 2 is 2.00 bits per heavy atom.